The molecule has 0 spiro atoms. The molecule has 0 aliphatic heterocycles. The molecule has 1 rings (SSSR count). The lowest BCUT2D eigenvalue weighted by Gasteiger charge is -2.15. The van der Waals surface area contributed by atoms with Gasteiger partial charge in [-0.3, -0.25) is 0 Å². The molecule has 0 aliphatic carbocycles. The van der Waals surface area contributed by atoms with E-state index in [0.29, 0.717) is 0 Å². The largest absolute Gasteiger partial charge is 0.385 e. The van der Waals surface area contributed by atoms with Crippen LogP contribution < -0.4 is 5.32 Å². The number of nitrogens with zero attached hydrogens (tertiary/aromatic N) is 1. The molecule has 0 amide bonds. The number of unbranched alkanes of at least 4 members (excludes halogenated alkanes) is 1. The van der Waals surface area contributed by atoms with Crippen molar-refractivity contribution in [1.29, 1.82) is 5.26 Å². The van der Waals surface area contributed by atoms with Gasteiger partial charge in [-0.1, -0.05) is 38.0 Å². The quantitative estimate of drug-likeness (QED) is 0.682. The van der Waals surface area contributed by atoms with Crippen molar-refractivity contribution in [3.05, 3.63) is 29.8 Å². The molecule has 1 aromatic carbocycles. The van der Waals surface area contributed by atoms with Gasteiger partial charge in [0.05, 0.1) is 11.5 Å². The van der Waals surface area contributed by atoms with E-state index in [2.05, 4.69) is 42.6 Å². The average Bonchev–Trinajstić information content (AvgIpc) is 2.40. The Labute approximate surface area is 117 Å². The first-order valence-corrected chi connectivity index (χ1v) is 7.32. The van der Waals surface area contributed by atoms with Crippen molar-refractivity contribution in [2.45, 2.75) is 52.9 Å². The summed E-state index contributed by atoms with van der Waals surface area (Å²) in [6, 6.07) is 10.9. The molecule has 104 valence electrons. The highest BCUT2D eigenvalue weighted by Crippen LogP contribution is 2.22. The van der Waals surface area contributed by atoms with Crippen LogP contribution in [0.15, 0.2) is 24.3 Å². The van der Waals surface area contributed by atoms with Crippen molar-refractivity contribution in [3.63, 3.8) is 0 Å². The van der Waals surface area contributed by atoms with E-state index in [0.717, 1.165) is 32.2 Å². The van der Waals surface area contributed by atoms with E-state index >= 15 is 0 Å². The number of aryl methyl sites for hydroxylation is 1. The van der Waals surface area contributed by atoms with Crippen LogP contribution in [0.3, 0.4) is 0 Å². The SMILES string of the molecule is CCCc1ccccc1NCCCCC(C)(C)C#N. The van der Waals surface area contributed by atoms with Gasteiger partial charge in [-0.05, 0) is 44.7 Å². The summed E-state index contributed by atoms with van der Waals surface area (Å²) >= 11 is 0. The molecular weight excluding hydrogens is 232 g/mol. The van der Waals surface area contributed by atoms with Crippen molar-refractivity contribution in [1.82, 2.24) is 0 Å². The molecule has 0 aromatic heterocycles. The van der Waals surface area contributed by atoms with Crippen LogP contribution in [0.4, 0.5) is 5.69 Å². The molecule has 0 atom stereocenters. The van der Waals surface area contributed by atoms with Gasteiger partial charge in [0.1, 0.15) is 0 Å². The minimum Gasteiger partial charge on any atom is -0.385 e. The second kappa shape index (κ2) is 7.84. The standard InChI is InChI=1S/C17H26N2/c1-4-9-15-10-5-6-11-16(15)19-13-8-7-12-17(2,3)14-18/h5-6,10-11,19H,4,7-9,12-13H2,1-3H3. The molecule has 0 aliphatic rings. The van der Waals surface area contributed by atoms with Crippen molar-refractivity contribution in [2.24, 2.45) is 5.41 Å². The zero-order valence-corrected chi connectivity index (χ0v) is 12.5. The fraction of sp³-hybridized carbons (Fsp3) is 0.588. The zero-order chi connectivity index (χ0) is 14.1. The summed E-state index contributed by atoms with van der Waals surface area (Å²) in [5, 5.41) is 12.5. The third kappa shape index (κ3) is 5.79. The smallest absolute Gasteiger partial charge is 0.0683 e. The number of anilines is 1. The van der Waals surface area contributed by atoms with E-state index in [1.807, 2.05) is 13.8 Å². The van der Waals surface area contributed by atoms with Crippen molar-refractivity contribution < 1.29 is 0 Å². The predicted molar refractivity (Wildman–Crippen MR) is 82.2 cm³/mol. The molecule has 0 radical (unpaired) electrons. The minimum absolute atomic E-state index is 0.180. The van der Waals surface area contributed by atoms with E-state index < -0.39 is 0 Å². The van der Waals surface area contributed by atoms with Gasteiger partial charge in [-0.15, -0.1) is 0 Å². The molecule has 2 heteroatoms. The number of rotatable bonds is 8. The normalized spacial score (nSPS) is 11.1. The Morgan fingerprint density at radius 3 is 2.63 bits per heavy atom. The van der Waals surface area contributed by atoms with Crippen LogP contribution in [-0.4, -0.2) is 6.54 Å². The Balaban J connectivity index is 2.32. The van der Waals surface area contributed by atoms with Crippen LogP contribution in [0.1, 0.15) is 52.0 Å². The van der Waals surface area contributed by atoms with Crippen molar-refractivity contribution in [3.8, 4) is 6.07 Å². The summed E-state index contributed by atoms with van der Waals surface area (Å²) in [5.41, 5.74) is 2.49. The van der Waals surface area contributed by atoms with Gasteiger partial charge < -0.3 is 5.32 Å². The molecule has 0 fully saturated rings. The van der Waals surface area contributed by atoms with Crippen LogP contribution in [-0.2, 0) is 6.42 Å². The molecule has 0 saturated carbocycles. The number of benzene rings is 1. The first-order valence-electron chi connectivity index (χ1n) is 7.32. The maximum atomic E-state index is 8.96. The van der Waals surface area contributed by atoms with Crippen LogP contribution >= 0.6 is 0 Å². The molecule has 0 saturated heterocycles. The number of nitrogens with one attached hydrogen (secondary N) is 1. The lowest BCUT2D eigenvalue weighted by atomic mass is 9.89. The molecule has 0 heterocycles. The highest BCUT2D eigenvalue weighted by atomic mass is 14.9. The van der Waals surface area contributed by atoms with Crippen LogP contribution in [0, 0.1) is 16.7 Å². The monoisotopic (exact) mass is 258 g/mol. The predicted octanol–water partition coefficient (Wildman–Crippen LogP) is 4.77. The Hall–Kier alpha value is -1.49. The lowest BCUT2D eigenvalue weighted by Crippen LogP contribution is -2.09. The van der Waals surface area contributed by atoms with Gasteiger partial charge in [0.2, 0.25) is 0 Å². The molecule has 0 unspecified atom stereocenters. The summed E-state index contributed by atoms with van der Waals surface area (Å²) < 4.78 is 0. The first-order chi connectivity index (χ1) is 9.09. The number of hydrogen-bond acceptors (Lipinski definition) is 2. The van der Waals surface area contributed by atoms with Crippen LogP contribution in [0.5, 0.6) is 0 Å². The molecular formula is C17H26N2. The summed E-state index contributed by atoms with van der Waals surface area (Å²) in [6.45, 7) is 7.22. The summed E-state index contributed by atoms with van der Waals surface area (Å²) in [6.07, 6.45) is 5.50. The number of nitriles is 1. The minimum atomic E-state index is -0.180. The molecule has 1 aromatic rings. The van der Waals surface area contributed by atoms with Gasteiger partial charge in [0, 0.05) is 12.2 Å². The second-order valence-corrected chi connectivity index (χ2v) is 5.79. The highest BCUT2D eigenvalue weighted by molar-refractivity contribution is 5.51. The number of hydrogen-bond donors (Lipinski definition) is 1. The van der Waals surface area contributed by atoms with E-state index in [1.165, 1.54) is 17.7 Å². The summed E-state index contributed by atoms with van der Waals surface area (Å²) in [7, 11) is 0. The van der Waals surface area contributed by atoms with Gasteiger partial charge >= 0.3 is 0 Å². The Morgan fingerprint density at radius 2 is 1.95 bits per heavy atom. The fourth-order valence-corrected chi connectivity index (χ4v) is 2.15. The Bertz CT molecular complexity index is 416. The fourth-order valence-electron chi connectivity index (χ4n) is 2.15. The van der Waals surface area contributed by atoms with E-state index in [1.54, 1.807) is 0 Å². The van der Waals surface area contributed by atoms with Crippen LogP contribution in [0.2, 0.25) is 0 Å². The van der Waals surface area contributed by atoms with E-state index in [4.69, 9.17) is 5.26 Å². The average molecular weight is 258 g/mol. The van der Waals surface area contributed by atoms with E-state index in [9.17, 15) is 0 Å². The van der Waals surface area contributed by atoms with Crippen molar-refractivity contribution >= 4 is 5.69 Å². The first kappa shape index (κ1) is 15.6. The topological polar surface area (TPSA) is 35.8 Å². The van der Waals surface area contributed by atoms with E-state index in [-0.39, 0.29) is 5.41 Å². The molecule has 19 heavy (non-hydrogen) atoms. The molecule has 1 N–H and O–H groups in total. The Kier molecular flexibility index (Phi) is 6.42. The van der Waals surface area contributed by atoms with Crippen molar-refractivity contribution in [2.75, 3.05) is 11.9 Å². The third-order valence-electron chi connectivity index (χ3n) is 3.38. The van der Waals surface area contributed by atoms with Gasteiger partial charge in [0.25, 0.3) is 0 Å². The maximum Gasteiger partial charge on any atom is 0.0683 e. The highest BCUT2D eigenvalue weighted by Gasteiger charge is 2.15. The van der Waals surface area contributed by atoms with Crippen LogP contribution in [0.25, 0.3) is 0 Å². The van der Waals surface area contributed by atoms with Gasteiger partial charge in [-0.25, -0.2) is 0 Å². The third-order valence-corrected chi connectivity index (χ3v) is 3.38. The summed E-state index contributed by atoms with van der Waals surface area (Å²) in [4.78, 5) is 0. The number of para-hydroxylation sites is 1. The van der Waals surface area contributed by atoms with Gasteiger partial charge in [-0.2, -0.15) is 5.26 Å². The maximum absolute atomic E-state index is 8.96. The second-order valence-electron chi connectivity index (χ2n) is 5.79. The zero-order valence-electron chi connectivity index (χ0n) is 12.5. The molecule has 2 nitrogen and oxygen atoms in total. The lowest BCUT2D eigenvalue weighted by molar-refractivity contribution is 0.430. The summed E-state index contributed by atoms with van der Waals surface area (Å²) in [5.74, 6) is 0. The Morgan fingerprint density at radius 1 is 1.21 bits per heavy atom. The van der Waals surface area contributed by atoms with Gasteiger partial charge in [0.15, 0.2) is 0 Å². The molecule has 0 bridgehead atoms.